The molecule has 0 atom stereocenters. The molecule has 1 aliphatic carbocycles. The molecule has 0 unspecified atom stereocenters. The lowest BCUT2D eigenvalue weighted by molar-refractivity contribution is 0.00945. The van der Waals surface area contributed by atoms with Gasteiger partial charge in [0.05, 0.1) is 5.60 Å². The zero-order valence-electron chi connectivity index (χ0n) is 12.4. The van der Waals surface area contributed by atoms with E-state index in [1.807, 2.05) is 6.92 Å². The standard InChI is InChI=1S/C13H24N4O3S/c1-2-8-17-9-11(12(14)16-17)21(19,20)15-10-13(18)6-4-3-5-7-13/h9,15,18H,2-8,10H2,1H3,(H2,14,16). The van der Waals surface area contributed by atoms with Crippen molar-refractivity contribution in [2.45, 2.75) is 62.5 Å². The fraction of sp³-hybridized carbons (Fsp3) is 0.769. The number of nitrogens with two attached hydrogens (primary N) is 1. The molecule has 4 N–H and O–H groups in total. The average Bonchev–Trinajstić information content (AvgIpc) is 2.80. The van der Waals surface area contributed by atoms with Crippen molar-refractivity contribution in [2.75, 3.05) is 12.3 Å². The number of hydrogen-bond acceptors (Lipinski definition) is 5. The highest BCUT2D eigenvalue weighted by atomic mass is 32.2. The van der Waals surface area contributed by atoms with E-state index >= 15 is 0 Å². The maximum Gasteiger partial charge on any atom is 0.245 e. The summed E-state index contributed by atoms with van der Waals surface area (Å²) in [6.07, 6.45) is 6.47. The van der Waals surface area contributed by atoms with E-state index in [0.29, 0.717) is 19.4 Å². The van der Waals surface area contributed by atoms with Gasteiger partial charge in [0.2, 0.25) is 10.0 Å². The molecular weight excluding hydrogens is 292 g/mol. The van der Waals surface area contributed by atoms with Gasteiger partial charge in [0.25, 0.3) is 0 Å². The second kappa shape index (κ2) is 6.33. The van der Waals surface area contributed by atoms with Crippen LogP contribution in [0.15, 0.2) is 11.1 Å². The maximum absolute atomic E-state index is 12.3. The molecule has 0 bridgehead atoms. The molecule has 0 radical (unpaired) electrons. The summed E-state index contributed by atoms with van der Waals surface area (Å²) in [4.78, 5) is -0.0182. The summed E-state index contributed by atoms with van der Waals surface area (Å²) in [6.45, 7) is 2.61. The first-order valence-corrected chi connectivity index (χ1v) is 8.90. The minimum Gasteiger partial charge on any atom is -0.389 e. The third-order valence-electron chi connectivity index (χ3n) is 3.87. The van der Waals surface area contributed by atoms with Crippen LogP contribution in [0.1, 0.15) is 45.4 Å². The van der Waals surface area contributed by atoms with Crippen molar-refractivity contribution < 1.29 is 13.5 Å². The molecule has 1 aromatic rings. The highest BCUT2D eigenvalue weighted by Crippen LogP contribution is 2.28. The fourth-order valence-corrected chi connectivity index (χ4v) is 3.85. The van der Waals surface area contributed by atoms with Crippen molar-refractivity contribution in [2.24, 2.45) is 0 Å². The summed E-state index contributed by atoms with van der Waals surface area (Å²) < 4.78 is 28.6. The van der Waals surface area contributed by atoms with Gasteiger partial charge >= 0.3 is 0 Å². The van der Waals surface area contributed by atoms with Gasteiger partial charge in [0.15, 0.2) is 5.82 Å². The second-order valence-corrected chi connectivity index (χ2v) is 7.49. The molecule has 1 fully saturated rings. The molecule has 1 saturated carbocycles. The summed E-state index contributed by atoms with van der Waals surface area (Å²) in [5.41, 5.74) is 4.74. The number of aryl methyl sites for hydroxylation is 1. The number of sulfonamides is 1. The van der Waals surface area contributed by atoms with Crippen LogP contribution >= 0.6 is 0 Å². The molecule has 0 spiro atoms. The Bertz CT molecular complexity index is 576. The van der Waals surface area contributed by atoms with Gasteiger partial charge in [-0.2, -0.15) is 5.10 Å². The molecule has 0 aliphatic heterocycles. The van der Waals surface area contributed by atoms with Gasteiger partial charge in [0, 0.05) is 19.3 Å². The predicted molar refractivity (Wildman–Crippen MR) is 80.2 cm³/mol. The molecule has 1 aromatic heterocycles. The first-order chi connectivity index (χ1) is 9.86. The summed E-state index contributed by atoms with van der Waals surface area (Å²) in [7, 11) is -3.74. The van der Waals surface area contributed by atoms with Crippen LogP contribution in [0.25, 0.3) is 0 Å². The summed E-state index contributed by atoms with van der Waals surface area (Å²) >= 11 is 0. The number of rotatable bonds is 6. The Hall–Kier alpha value is -1.12. The monoisotopic (exact) mass is 316 g/mol. The molecule has 2 rings (SSSR count). The van der Waals surface area contributed by atoms with Crippen molar-refractivity contribution in [3.05, 3.63) is 6.20 Å². The zero-order valence-corrected chi connectivity index (χ0v) is 13.2. The van der Waals surface area contributed by atoms with E-state index in [0.717, 1.165) is 25.7 Å². The number of hydrogen-bond donors (Lipinski definition) is 3. The first-order valence-electron chi connectivity index (χ1n) is 7.41. The molecule has 1 aliphatic rings. The lowest BCUT2D eigenvalue weighted by Crippen LogP contribution is -2.44. The molecule has 1 heterocycles. The van der Waals surface area contributed by atoms with Crippen molar-refractivity contribution in [1.29, 1.82) is 0 Å². The third kappa shape index (κ3) is 3.96. The average molecular weight is 316 g/mol. The summed E-state index contributed by atoms with van der Waals surface area (Å²) in [6, 6.07) is 0. The van der Waals surface area contributed by atoms with Crippen molar-refractivity contribution in [3.63, 3.8) is 0 Å². The Morgan fingerprint density at radius 1 is 1.43 bits per heavy atom. The van der Waals surface area contributed by atoms with E-state index in [4.69, 9.17) is 5.73 Å². The normalized spacial score (nSPS) is 18.8. The van der Waals surface area contributed by atoms with Crippen LogP contribution in [0.3, 0.4) is 0 Å². The molecule has 120 valence electrons. The largest absolute Gasteiger partial charge is 0.389 e. The lowest BCUT2D eigenvalue weighted by Gasteiger charge is -2.31. The van der Waals surface area contributed by atoms with Crippen molar-refractivity contribution in [1.82, 2.24) is 14.5 Å². The van der Waals surface area contributed by atoms with E-state index in [9.17, 15) is 13.5 Å². The van der Waals surface area contributed by atoms with Gasteiger partial charge in [-0.1, -0.05) is 26.2 Å². The van der Waals surface area contributed by atoms with Gasteiger partial charge < -0.3 is 10.8 Å². The molecule has 8 heteroatoms. The Kier molecular flexibility index (Phi) is 4.90. The quantitative estimate of drug-likeness (QED) is 0.720. The van der Waals surface area contributed by atoms with Gasteiger partial charge in [-0.3, -0.25) is 4.68 Å². The number of aromatic nitrogens is 2. The molecule has 0 aromatic carbocycles. The first kappa shape index (κ1) is 16.3. The van der Waals surface area contributed by atoms with Crippen LogP contribution in [0.4, 0.5) is 5.82 Å². The topological polar surface area (TPSA) is 110 Å². The predicted octanol–water partition coefficient (Wildman–Crippen LogP) is 0.849. The van der Waals surface area contributed by atoms with E-state index in [1.165, 1.54) is 10.9 Å². The van der Waals surface area contributed by atoms with E-state index < -0.39 is 15.6 Å². The molecule has 0 saturated heterocycles. The Balaban J connectivity index is 2.07. The van der Waals surface area contributed by atoms with Crippen molar-refractivity contribution >= 4 is 15.8 Å². The highest BCUT2D eigenvalue weighted by Gasteiger charge is 2.31. The Morgan fingerprint density at radius 2 is 2.10 bits per heavy atom. The fourth-order valence-electron chi connectivity index (χ4n) is 2.66. The Morgan fingerprint density at radius 3 is 2.71 bits per heavy atom. The van der Waals surface area contributed by atoms with Gasteiger partial charge in [-0.25, -0.2) is 13.1 Å². The Labute approximate surface area is 125 Å². The van der Waals surface area contributed by atoms with Gasteiger partial charge in [0.1, 0.15) is 4.90 Å². The molecular formula is C13H24N4O3S. The van der Waals surface area contributed by atoms with Gasteiger partial charge in [-0.15, -0.1) is 0 Å². The van der Waals surface area contributed by atoms with Crippen LogP contribution in [-0.4, -0.2) is 35.5 Å². The van der Waals surface area contributed by atoms with E-state index in [-0.39, 0.29) is 17.3 Å². The van der Waals surface area contributed by atoms with Crippen molar-refractivity contribution in [3.8, 4) is 0 Å². The van der Waals surface area contributed by atoms with E-state index in [2.05, 4.69) is 9.82 Å². The highest BCUT2D eigenvalue weighted by molar-refractivity contribution is 7.89. The van der Waals surface area contributed by atoms with Crippen LogP contribution in [-0.2, 0) is 16.6 Å². The number of nitrogens with zero attached hydrogens (tertiary/aromatic N) is 2. The minimum atomic E-state index is -3.74. The van der Waals surface area contributed by atoms with Crippen LogP contribution in [0.5, 0.6) is 0 Å². The van der Waals surface area contributed by atoms with Crippen LogP contribution in [0, 0.1) is 0 Å². The number of aliphatic hydroxyl groups is 1. The lowest BCUT2D eigenvalue weighted by atomic mass is 9.85. The second-order valence-electron chi connectivity index (χ2n) is 5.75. The van der Waals surface area contributed by atoms with E-state index in [1.54, 1.807) is 0 Å². The number of anilines is 1. The number of nitrogens with one attached hydrogen (secondary N) is 1. The summed E-state index contributed by atoms with van der Waals surface area (Å²) in [5.74, 6) is -0.00779. The van der Waals surface area contributed by atoms with Crippen LogP contribution < -0.4 is 10.5 Å². The third-order valence-corrected chi connectivity index (χ3v) is 5.29. The SMILES string of the molecule is CCCn1cc(S(=O)(=O)NCC2(O)CCCCC2)c(N)n1. The van der Waals surface area contributed by atoms with Gasteiger partial charge in [-0.05, 0) is 19.3 Å². The molecule has 21 heavy (non-hydrogen) atoms. The van der Waals surface area contributed by atoms with Crippen LogP contribution in [0.2, 0.25) is 0 Å². The summed E-state index contributed by atoms with van der Waals surface area (Å²) in [5, 5.41) is 14.4. The number of nitrogen functional groups attached to an aromatic ring is 1. The zero-order chi connectivity index (χ0) is 15.5. The maximum atomic E-state index is 12.3. The molecule has 7 nitrogen and oxygen atoms in total. The minimum absolute atomic E-state index is 0.00779. The molecule has 0 amide bonds. The smallest absolute Gasteiger partial charge is 0.245 e.